The molecule has 1 aromatic heterocycles. The number of aromatic amines is 2. The second-order valence-corrected chi connectivity index (χ2v) is 16.8. The summed E-state index contributed by atoms with van der Waals surface area (Å²) >= 11 is 0. The number of nitrogens with one attached hydrogen (secondary N) is 2. The van der Waals surface area contributed by atoms with E-state index in [0.717, 1.165) is 55.4 Å². The summed E-state index contributed by atoms with van der Waals surface area (Å²) in [6.45, 7) is 21.2. The number of aryl methyl sites for hydroxylation is 4. The van der Waals surface area contributed by atoms with Gasteiger partial charge in [0.1, 0.15) is 22.5 Å². The summed E-state index contributed by atoms with van der Waals surface area (Å²) in [6.07, 6.45) is 7.09. The first-order valence-electron chi connectivity index (χ1n) is 17.0. The van der Waals surface area contributed by atoms with E-state index in [1.807, 2.05) is 48.8 Å². The molecule has 0 saturated heterocycles. The predicted octanol–water partition coefficient (Wildman–Crippen LogP) is -0.744. The van der Waals surface area contributed by atoms with Gasteiger partial charge < -0.3 is 10.2 Å². The molecular weight excluding hydrogens is 767 g/mol. The number of phenols is 2. The maximum absolute atomic E-state index is 11.5. The highest BCUT2D eigenvalue weighted by molar-refractivity contribution is 5.83. The van der Waals surface area contributed by atoms with Crippen LogP contribution in [0.1, 0.15) is 74.9 Å². The Balaban J connectivity index is 0.000000748. The number of aromatic hydroxyl groups is 2. The number of halogens is 2. The Morgan fingerprint density at radius 1 is 0.464 bits per heavy atom. The molecule has 5 aromatic rings. The third kappa shape index (κ3) is 13.9. The number of phenolic OH excluding ortho intramolecular Hbond substituents is 2. The molecule has 0 atom stereocenters. The molecule has 0 spiro atoms. The van der Waals surface area contributed by atoms with Gasteiger partial charge in [-0.1, -0.05) is 41.5 Å². The molecule has 56 heavy (non-hydrogen) atoms. The van der Waals surface area contributed by atoms with Gasteiger partial charge >= 0.3 is 0 Å². The molecule has 0 aliphatic rings. The molecule has 0 unspecified atom stereocenters. The molecule has 5 rings (SSSR count). The van der Waals surface area contributed by atoms with Crippen molar-refractivity contribution in [1.82, 2.24) is 9.97 Å². The van der Waals surface area contributed by atoms with Crippen LogP contribution in [0.4, 0.5) is 0 Å². The van der Waals surface area contributed by atoms with E-state index in [2.05, 4.69) is 91.3 Å². The number of nitrogens with zero attached hydrogens (tertiary/aromatic N) is 2. The zero-order chi connectivity index (χ0) is 42.6. The standard InChI is InChI=1S/C40H44N4O2.2ClHO4/c1-23-11-33-34(12-24(23)2)42-20-28-16-32(40(8,9)10)18-30(38(28)46)22-44-36-14-26(4)25(3)13-35(36)43-21-29-17-31(39(5,6)7)15-27(19-41-33)37(29)45;2*2-1(3,4)5/h11-22,45-46H,1-10H3;2*(H,2,3,4,5). The van der Waals surface area contributed by atoms with Crippen molar-refractivity contribution < 1.29 is 77.9 Å². The minimum atomic E-state index is -4.94. The van der Waals surface area contributed by atoms with Crippen molar-refractivity contribution >= 4 is 43.6 Å². The zero-order valence-corrected chi connectivity index (χ0v) is 34.3. The molecule has 300 valence electrons. The zero-order valence-electron chi connectivity index (χ0n) is 32.7. The van der Waals surface area contributed by atoms with Gasteiger partial charge in [-0.2, -0.15) is 0 Å². The second-order valence-electron chi connectivity index (χ2n) is 15.3. The van der Waals surface area contributed by atoms with Crippen LogP contribution >= 0.6 is 0 Å². The summed E-state index contributed by atoms with van der Waals surface area (Å²) in [5.74, 6) is 0.275. The van der Waals surface area contributed by atoms with Crippen molar-refractivity contribution in [2.45, 2.75) is 80.1 Å². The highest BCUT2D eigenvalue weighted by atomic mass is 35.7. The van der Waals surface area contributed by atoms with Gasteiger partial charge in [0.2, 0.25) is 11.0 Å². The lowest BCUT2D eigenvalue weighted by molar-refractivity contribution is -2.00. The summed E-state index contributed by atoms with van der Waals surface area (Å²) in [4.78, 5) is 16.6. The van der Waals surface area contributed by atoms with Crippen molar-refractivity contribution in [2.75, 3.05) is 0 Å². The number of rotatable bonds is 0. The van der Waals surface area contributed by atoms with Crippen LogP contribution in [0.25, 0.3) is 43.6 Å². The van der Waals surface area contributed by atoms with E-state index in [-0.39, 0.29) is 22.3 Å². The lowest BCUT2D eigenvalue weighted by Crippen LogP contribution is -2.68. The maximum Gasteiger partial charge on any atom is 0.229 e. The number of benzene rings is 4. The molecule has 4 N–H and O–H groups in total. The Morgan fingerprint density at radius 2 is 0.732 bits per heavy atom. The minimum Gasteiger partial charge on any atom is -0.507 e. The Morgan fingerprint density at radius 3 is 1.04 bits per heavy atom. The fourth-order valence-electron chi connectivity index (χ4n) is 5.28. The van der Waals surface area contributed by atoms with Crippen molar-refractivity contribution in [3.8, 4) is 11.5 Å². The first-order valence-corrected chi connectivity index (χ1v) is 19.5. The Bertz CT molecular complexity index is 2100. The van der Waals surface area contributed by atoms with Crippen LogP contribution in [0.3, 0.4) is 0 Å². The highest BCUT2D eigenvalue weighted by Gasteiger charge is 2.18. The summed E-state index contributed by atoms with van der Waals surface area (Å²) < 4.78 is 67.9. The second kappa shape index (κ2) is 17.7. The van der Waals surface area contributed by atoms with Gasteiger partial charge in [0.25, 0.3) is 0 Å². The molecule has 0 fully saturated rings. The molecule has 1 heterocycles. The van der Waals surface area contributed by atoms with E-state index in [1.54, 1.807) is 12.4 Å². The summed E-state index contributed by atoms with van der Waals surface area (Å²) in [5.41, 5.74) is 9.28. The molecule has 4 bridgehead atoms. The largest absolute Gasteiger partial charge is 0.507 e. The van der Waals surface area contributed by atoms with Crippen LogP contribution in [0.5, 0.6) is 11.5 Å². The Kier molecular flexibility index (Phi) is 14.5. The van der Waals surface area contributed by atoms with Crippen LogP contribution in [0, 0.1) is 48.2 Å². The van der Waals surface area contributed by atoms with Crippen LogP contribution in [-0.4, -0.2) is 20.2 Å². The van der Waals surface area contributed by atoms with E-state index in [0.29, 0.717) is 21.5 Å². The molecule has 0 saturated carbocycles. The molecule has 0 aliphatic heterocycles. The molecule has 0 radical (unpaired) electrons. The monoisotopic (exact) mass is 812 g/mol. The van der Waals surface area contributed by atoms with Crippen molar-refractivity contribution in [3.05, 3.63) is 107 Å². The van der Waals surface area contributed by atoms with Gasteiger partial charge in [-0.15, -0.1) is 20.5 Å². The van der Waals surface area contributed by atoms with Crippen LogP contribution < -0.4 is 47.2 Å². The number of fused-ring (bicyclic) bond motifs is 6. The molecule has 0 aliphatic carbocycles. The summed E-state index contributed by atoms with van der Waals surface area (Å²) in [7, 11) is -9.89. The van der Waals surface area contributed by atoms with Gasteiger partial charge in [0.15, 0.2) is 12.4 Å². The van der Waals surface area contributed by atoms with Crippen molar-refractivity contribution in [2.24, 2.45) is 0 Å². The number of hydrogen-bond donors (Lipinski definition) is 2. The quantitative estimate of drug-likeness (QED) is 0.196. The SMILES string of the molecule is Cc1cc2ncc3cc(C(C)(C)C)cc(cnc4cc(C)c(C)cc4[nH+]cc4cc(C(C)(C)C)cc(c[nH+]c2cc1C)c4O)c3O.[O-][Cl+3]([O-])([O-])[O-].[O-][Cl+3]([O-])([O-])[O-]. The third-order valence-electron chi connectivity index (χ3n) is 8.75. The van der Waals surface area contributed by atoms with Gasteiger partial charge in [0.05, 0.1) is 10.8 Å². The van der Waals surface area contributed by atoms with E-state index < -0.39 is 20.5 Å². The predicted molar refractivity (Wildman–Crippen MR) is 189 cm³/mol. The number of aromatic nitrogens is 4. The molecule has 4 aromatic carbocycles. The van der Waals surface area contributed by atoms with Gasteiger partial charge in [-0.3, -0.25) is 0 Å². The van der Waals surface area contributed by atoms with Crippen LogP contribution in [-0.2, 0) is 10.8 Å². The van der Waals surface area contributed by atoms with E-state index in [1.165, 1.54) is 0 Å². The smallest absolute Gasteiger partial charge is 0.229 e. The Hall–Kier alpha value is -4.58. The van der Waals surface area contributed by atoms with Gasteiger partial charge in [0, 0.05) is 35.3 Å². The normalized spacial score (nSPS) is 11.9. The molecule has 0 amide bonds. The topological polar surface area (TPSA) is 279 Å². The molecular formula is C40H46Cl2N4O10. The summed E-state index contributed by atoms with van der Waals surface area (Å²) in [5, 5.41) is 25.5. The van der Waals surface area contributed by atoms with E-state index >= 15 is 0 Å². The van der Waals surface area contributed by atoms with Crippen LogP contribution in [0.2, 0.25) is 0 Å². The first-order chi connectivity index (χ1) is 25.5. The molecule has 14 nitrogen and oxygen atoms in total. The minimum absolute atomic E-state index is 0.117. The lowest BCUT2D eigenvalue weighted by Gasteiger charge is -2.19. The highest BCUT2D eigenvalue weighted by Crippen LogP contribution is 2.33. The molecule has 16 heteroatoms. The average Bonchev–Trinajstić information content (AvgIpc) is 3.03. The van der Waals surface area contributed by atoms with Gasteiger partial charge in [-0.25, -0.2) is 57.2 Å². The van der Waals surface area contributed by atoms with E-state index in [4.69, 9.17) is 47.2 Å². The summed E-state index contributed by atoms with van der Waals surface area (Å²) in [6, 6.07) is 16.2. The van der Waals surface area contributed by atoms with E-state index in [9.17, 15) is 10.2 Å². The Labute approximate surface area is 328 Å². The number of H-pyrrole nitrogens is 2. The lowest BCUT2D eigenvalue weighted by atomic mass is 9.86. The van der Waals surface area contributed by atoms with Crippen molar-refractivity contribution in [1.29, 1.82) is 0 Å². The number of hydrogen-bond acceptors (Lipinski definition) is 12. The maximum atomic E-state index is 11.5. The van der Waals surface area contributed by atoms with Crippen molar-refractivity contribution in [3.63, 3.8) is 0 Å². The fourth-order valence-corrected chi connectivity index (χ4v) is 5.28. The third-order valence-corrected chi connectivity index (χ3v) is 8.75. The fraction of sp³-hybridized carbons (Fsp3) is 0.300. The van der Waals surface area contributed by atoms with Crippen LogP contribution in [0.15, 0.2) is 73.3 Å². The average molecular weight is 814 g/mol. The van der Waals surface area contributed by atoms with Gasteiger partial charge in [-0.05, 0) is 108 Å². The first kappa shape index (κ1) is 45.8.